The first-order valence-electron chi connectivity index (χ1n) is 8.43. The molecule has 25 heavy (non-hydrogen) atoms. The average Bonchev–Trinajstić information content (AvgIpc) is 3.02. The average molecular weight is 346 g/mol. The van der Waals surface area contributed by atoms with Gasteiger partial charge in [0.1, 0.15) is 17.3 Å². The normalized spacial score (nSPS) is 18.1. The van der Waals surface area contributed by atoms with Crippen LogP contribution in [-0.2, 0) is 18.5 Å². The Labute approximate surface area is 148 Å². The molecular formula is C19H26N2O4. The Kier molecular flexibility index (Phi) is 4.75. The zero-order chi connectivity index (χ0) is 18.2. The number of aliphatic hydroxyl groups excluding tert-OH is 1. The highest BCUT2D eigenvalue weighted by Crippen LogP contribution is 2.39. The van der Waals surface area contributed by atoms with Crippen LogP contribution in [0.3, 0.4) is 0 Å². The highest BCUT2D eigenvalue weighted by atomic mass is 16.5. The van der Waals surface area contributed by atoms with Gasteiger partial charge < -0.3 is 19.0 Å². The van der Waals surface area contributed by atoms with Gasteiger partial charge in [0.05, 0.1) is 33.1 Å². The summed E-state index contributed by atoms with van der Waals surface area (Å²) in [7, 11) is 3.25. The molecule has 0 bridgehead atoms. The van der Waals surface area contributed by atoms with E-state index in [9.17, 15) is 5.11 Å². The van der Waals surface area contributed by atoms with Gasteiger partial charge in [-0.25, -0.2) is 4.98 Å². The van der Waals surface area contributed by atoms with Crippen molar-refractivity contribution in [3.05, 3.63) is 41.1 Å². The first-order chi connectivity index (χ1) is 11.8. The molecule has 1 atom stereocenters. The molecule has 3 rings (SSSR count). The molecule has 0 fully saturated rings. The van der Waals surface area contributed by atoms with E-state index < -0.39 is 6.10 Å². The molecule has 0 saturated heterocycles. The number of benzene rings is 1. The maximum absolute atomic E-state index is 10.6. The molecule has 0 radical (unpaired) electrons. The smallest absolute Gasteiger partial charge is 0.208 e. The van der Waals surface area contributed by atoms with E-state index >= 15 is 0 Å². The molecule has 1 aromatic heterocycles. The number of hydrogen-bond donors (Lipinski definition) is 1. The van der Waals surface area contributed by atoms with E-state index in [1.807, 2.05) is 12.1 Å². The third kappa shape index (κ3) is 3.50. The maximum atomic E-state index is 10.6. The van der Waals surface area contributed by atoms with Gasteiger partial charge in [0.2, 0.25) is 5.89 Å². The van der Waals surface area contributed by atoms with Crippen LogP contribution in [0.1, 0.15) is 49.7 Å². The molecule has 136 valence electrons. The van der Waals surface area contributed by atoms with Crippen molar-refractivity contribution >= 4 is 0 Å². The number of methoxy groups -OCH3 is 2. The van der Waals surface area contributed by atoms with E-state index in [1.54, 1.807) is 20.4 Å². The summed E-state index contributed by atoms with van der Waals surface area (Å²) < 4.78 is 16.8. The summed E-state index contributed by atoms with van der Waals surface area (Å²) in [4.78, 5) is 6.49. The molecule has 0 amide bonds. The zero-order valence-corrected chi connectivity index (χ0v) is 15.5. The fourth-order valence-electron chi connectivity index (χ4n) is 3.19. The van der Waals surface area contributed by atoms with E-state index in [-0.39, 0.29) is 5.41 Å². The molecule has 2 aromatic rings. The van der Waals surface area contributed by atoms with Crippen LogP contribution < -0.4 is 9.47 Å². The van der Waals surface area contributed by atoms with Gasteiger partial charge in [0, 0.05) is 29.6 Å². The number of β-amino-alcohol motifs (C(OH)–C–C–N with tert-alkyl or cyclic N) is 1. The first kappa shape index (κ1) is 17.8. The summed E-state index contributed by atoms with van der Waals surface area (Å²) >= 11 is 0. The largest absolute Gasteiger partial charge is 0.496 e. The maximum Gasteiger partial charge on any atom is 0.208 e. The minimum Gasteiger partial charge on any atom is -0.496 e. The Morgan fingerprint density at radius 1 is 1.24 bits per heavy atom. The molecule has 1 aromatic carbocycles. The van der Waals surface area contributed by atoms with Crippen molar-refractivity contribution in [2.24, 2.45) is 0 Å². The monoisotopic (exact) mass is 346 g/mol. The number of nitrogens with zero attached hydrogens (tertiary/aromatic N) is 2. The van der Waals surface area contributed by atoms with Crippen molar-refractivity contribution in [3.8, 4) is 11.5 Å². The molecule has 1 aliphatic heterocycles. The number of aliphatic hydroxyl groups is 1. The predicted octanol–water partition coefficient (Wildman–Crippen LogP) is 3.04. The van der Waals surface area contributed by atoms with Crippen LogP contribution >= 0.6 is 0 Å². The van der Waals surface area contributed by atoms with Gasteiger partial charge >= 0.3 is 0 Å². The quantitative estimate of drug-likeness (QED) is 0.918. The van der Waals surface area contributed by atoms with Crippen molar-refractivity contribution in [2.45, 2.75) is 45.4 Å². The number of aromatic nitrogens is 1. The van der Waals surface area contributed by atoms with Crippen LogP contribution in [0, 0.1) is 0 Å². The second-order valence-corrected chi connectivity index (χ2v) is 7.42. The van der Waals surface area contributed by atoms with Crippen molar-refractivity contribution in [1.82, 2.24) is 9.88 Å². The molecule has 0 spiro atoms. The molecule has 0 saturated carbocycles. The predicted molar refractivity (Wildman–Crippen MR) is 93.8 cm³/mol. The summed E-state index contributed by atoms with van der Waals surface area (Å²) in [5.41, 5.74) is 1.68. The van der Waals surface area contributed by atoms with E-state index in [2.05, 4.69) is 30.7 Å². The first-order valence-corrected chi connectivity index (χ1v) is 8.43. The van der Waals surface area contributed by atoms with Gasteiger partial charge in [-0.05, 0) is 12.1 Å². The molecule has 0 aliphatic carbocycles. The van der Waals surface area contributed by atoms with E-state index in [0.717, 1.165) is 22.6 Å². The van der Waals surface area contributed by atoms with Crippen molar-refractivity contribution in [2.75, 3.05) is 20.8 Å². The Morgan fingerprint density at radius 3 is 2.52 bits per heavy atom. The Bertz CT molecular complexity index is 748. The second-order valence-electron chi connectivity index (χ2n) is 7.42. The minimum absolute atomic E-state index is 0.0736. The van der Waals surface area contributed by atoms with Gasteiger partial charge in [0.15, 0.2) is 0 Å². The highest BCUT2D eigenvalue weighted by molar-refractivity contribution is 5.51. The summed E-state index contributed by atoms with van der Waals surface area (Å²) in [6.07, 6.45) is 1.14. The molecule has 6 nitrogen and oxygen atoms in total. The van der Waals surface area contributed by atoms with Gasteiger partial charge in [0.25, 0.3) is 0 Å². The summed E-state index contributed by atoms with van der Waals surface area (Å²) in [6.45, 7) is 7.94. The molecule has 0 unspecified atom stereocenters. The Hall–Kier alpha value is -2.05. The minimum atomic E-state index is -0.647. The SMILES string of the molecule is COc1ccc(OC)c2c1CN(Cc1ncc(C(C)(C)C)o1)C[C@@H]2O. The highest BCUT2D eigenvalue weighted by Gasteiger charge is 2.30. The lowest BCUT2D eigenvalue weighted by Crippen LogP contribution is -2.33. The molecule has 1 aliphatic rings. The van der Waals surface area contributed by atoms with Crippen LogP contribution in [0.5, 0.6) is 11.5 Å². The van der Waals surface area contributed by atoms with E-state index in [0.29, 0.717) is 31.3 Å². The Morgan fingerprint density at radius 2 is 1.92 bits per heavy atom. The lowest BCUT2D eigenvalue weighted by atomic mass is 9.94. The lowest BCUT2D eigenvalue weighted by molar-refractivity contribution is 0.0788. The lowest BCUT2D eigenvalue weighted by Gasteiger charge is -2.33. The number of hydrogen-bond acceptors (Lipinski definition) is 6. The Balaban J connectivity index is 1.85. The van der Waals surface area contributed by atoms with Gasteiger partial charge in [-0.15, -0.1) is 0 Å². The van der Waals surface area contributed by atoms with Gasteiger partial charge in [-0.3, -0.25) is 4.90 Å². The fraction of sp³-hybridized carbons (Fsp3) is 0.526. The van der Waals surface area contributed by atoms with Crippen molar-refractivity contribution < 1.29 is 19.0 Å². The second kappa shape index (κ2) is 6.69. The molecular weight excluding hydrogens is 320 g/mol. The molecule has 6 heteroatoms. The van der Waals surface area contributed by atoms with Crippen LogP contribution in [0.25, 0.3) is 0 Å². The summed E-state index contributed by atoms with van der Waals surface area (Å²) in [5.74, 6) is 2.96. The third-order valence-electron chi connectivity index (χ3n) is 4.51. The number of oxazole rings is 1. The fourth-order valence-corrected chi connectivity index (χ4v) is 3.19. The number of fused-ring (bicyclic) bond motifs is 1. The number of rotatable bonds is 4. The van der Waals surface area contributed by atoms with Crippen LogP contribution in [0.2, 0.25) is 0 Å². The van der Waals surface area contributed by atoms with E-state index in [1.165, 1.54) is 0 Å². The summed E-state index contributed by atoms with van der Waals surface area (Å²) in [6, 6.07) is 3.71. The molecule has 2 heterocycles. The van der Waals surface area contributed by atoms with Crippen LogP contribution in [-0.4, -0.2) is 35.8 Å². The van der Waals surface area contributed by atoms with Gasteiger partial charge in [-0.1, -0.05) is 20.8 Å². The third-order valence-corrected chi connectivity index (χ3v) is 4.51. The van der Waals surface area contributed by atoms with Crippen molar-refractivity contribution in [3.63, 3.8) is 0 Å². The zero-order valence-electron chi connectivity index (χ0n) is 15.5. The summed E-state index contributed by atoms with van der Waals surface area (Å²) in [5, 5.41) is 10.6. The topological polar surface area (TPSA) is 68.0 Å². The number of ether oxygens (including phenoxy) is 2. The van der Waals surface area contributed by atoms with Crippen molar-refractivity contribution in [1.29, 1.82) is 0 Å². The molecule has 1 N–H and O–H groups in total. The van der Waals surface area contributed by atoms with Gasteiger partial charge in [-0.2, -0.15) is 0 Å². The standard InChI is InChI=1S/C19H26N2O4/c1-19(2,3)16-8-20-17(25-16)11-21-9-12-14(23-4)6-7-15(24-5)18(12)13(22)10-21/h6-8,13,22H,9-11H2,1-5H3/t13-/m0/s1. The van der Waals surface area contributed by atoms with E-state index in [4.69, 9.17) is 13.9 Å². The van der Waals surface area contributed by atoms with Crippen LogP contribution in [0.4, 0.5) is 0 Å². The van der Waals surface area contributed by atoms with Crippen LogP contribution in [0.15, 0.2) is 22.7 Å².